The fourth-order valence-corrected chi connectivity index (χ4v) is 6.82. The third-order valence-corrected chi connectivity index (χ3v) is 8.36. The Morgan fingerprint density at radius 1 is 1.10 bits per heavy atom. The molecule has 0 heterocycles. The summed E-state index contributed by atoms with van der Waals surface area (Å²) in [6, 6.07) is 16.2. The minimum Gasteiger partial charge on any atom is -0.508 e. The van der Waals surface area contributed by atoms with Gasteiger partial charge >= 0.3 is 5.97 Å². The van der Waals surface area contributed by atoms with Gasteiger partial charge in [0.15, 0.2) is 0 Å². The summed E-state index contributed by atoms with van der Waals surface area (Å²) in [5, 5.41) is 9.86. The van der Waals surface area contributed by atoms with Crippen LogP contribution in [0.15, 0.2) is 48.5 Å². The van der Waals surface area contributed by atoms with Crippen molar-refractivity contribution in [1.82, 2.24) is 0 Å². The van der Waals surface area contributed by atoms with E-state index in [-0.39, 0.29) is 17.5 Å². The highest BCUT2D eigenvalue weighted by atomic mass is 16.5. The lowest BCUT2D eigenvalue weighted by atomic mass is 9.55. The van der Waals surface area contributed by atoms with E-state index in [1.165, 1.54) is 29.5 Å². The molecule has 3 aliphatic rings. The fraction of sp³-hybridized carbons (Fsp3) is 0.519. The zero-order valence-corrected chi connectivity index (χ0v) is 17.8. The van der Waals surface area contributed by atoms with E-state index in [2.05, 4.69) is 25.1 Å². The van der Waals surface area contributed by atoms with E-state index in [1.807, 2.05) is 30.3 Å². The molecule has 5 atom stereocenters. The van der Waals surface area contributed by atoms with Crippen LogP contribution in [0, 0.1) is 17.3 Å². The minimum absolute atomic E-state index is 0.0442. The number of carbonyl (C=O) groups excluding carboxylic acids is 1. The van der Waals surface area contributed by atoms with Crippen LogP contribution in [0.2, 0.25) is 0 Å². The molecule has 0 amide bonds. The van der Waals surface area contributed by atoms with Crippen molar-refractivity contribution >= 4 is 5.97 Å². The molecule has 0 saturated heterocycles. The van der Waals surface area contributed by atoms with Gasteiger partial charge in [0.2, 0.25) is 0 Å². The summed E-state index contributed by atoms with van der Waals surface area (Å²) >= 11 is 0. The molecule has 3 heteroatoms. The second-order valence-corrected chi connectivity index (χ2v) is 9.88. The van der Waals surface area contributed by atoms with Crippen LogP contribution in [0.25, 0.3) is 0 Å². The van der Waals surface area contributed by atoms with Crippen LogP contribution in [0.3, 0.4) is 0 Å². The first kappa shape index (κ1) is 19.7. The molecule has 5 rings (SSSR count). The first-order valence-electron chi connectivity index (χ1n) is 11.6. The van der Waals surface area contributed by atoms with Crippen molar-refractivity contribution in [2.75, 3.05) is 0 Å². The standard InChI is InChI=1S/C27H32O3/c1-27-16-15-22-21-11-9-20(28)17-19(21)8-10-23(22)24(27)12-13-25(27)30-26(29)14-7-18-5-3-2-4-6-18/h2-6,9,11,17,22-25,28H,7-8,10,12-16H2,1H3/t22?,23?,24-,25?,27-/m1/s1. The van der Waals surface area contributed by atoms with Gasteiger partial charge in [-0.3, -0.25) is 4.79 Å². The van der Waals surface area contributed by atoms with Crippen molar-refractivity contribution < 1.29 is 14.6 Å². The molecule has 3 nitrogen and oxygen atoms in total. The van der Waals surface area contributed by atoms with Gasteiger partial charge in [0.25, 0.3) is 0 Å². The summed E-state index contributed by atoms with van der Waals surface area (Å²) in [5.41, 5.74) is 4.09. The lowest BCUT2D eigenvalue weighted by Crippen LogP contribution is -2.45. The molecule has 0 radical (unpaired) electrons. The molecule has 2 aromatic rings. The first-order chi connectivity index (χ1) is 14.5. The van der Waals surface area contributed by atoms with Crippen LogP contribution >= 0.6 is 0 Å². The second kappa shape index (κ2) is 7.76. The number of phenols is 1. The lowest BCUT2D eigenvalue weighted by molar-refractivity contribution is -0.157. The van der Waals surface area contributed by atoms with Crippen molar-refractivity contribution in [3.63, 3.8) is 0 Å². The molecule has 2 saturated carbocycles. The van der Waals surface area contributed by atoms with Crippen LogP contribution in [0.1, 0.15) is 68.1 Å². The number of esters is 1. The van der Waals surface area contributed by atoms with Crippen molar-refractivity contribution in [2.45, 2.75) is 70.3 Å². The Morgan fingerprint density at radius 2 is 1.93 bits per heavy atom. The van der Waals surface area contributed by atoms with Gasteiger partial charge in [-0.2, -0.15) is 0 Å². The molecule has 3 aliphatic carbocycles. The summed E-state index contributed by atoms with van der Waals surface area (Å²) < 4.78 is 6.10. The van der Waals surface area contributed by atoms with Crippen LogP contribution in [0.5, 0.6) is 5.75 Å². The topological polar surface area (TPSA) is 46.5 Å². The molecule has 3 unspecified atom stereocenters. The fourth-order valence-electron chi connectivity index (χ4n) is 6.82. The molecule has 0 spiro atoms. The Labute approximate surface area is 179 Å². The summed E-state index contributed by atoms with van der Waals surface area (Å²) in [7, 11) is 0. The van der Waals surface area contributed by atoms with Gasteiger partial charge in [0.1, 0.15) is 11.9 Å². The van der Waals surface area contributed by atoms with Crippen molar-refractivity contribution in [3.8, 4) is 5.75 Å². The van der Waals surface area contributed by atoms with Crippen LogP contribution in [-0.4, -0.2) is 17.2 Å². The normalized spacial score (nSPS) is 32.0. The largest absolute Gasteiger partial charge is 0.508 e. The highest BCUT2D eigenvalue weighted by molar-refractivity contribution is 5.70. The van der Waals surface area contributed by atoms with E-state index in [1.54, 1.807) is 0 Å². The maximum absolute atomic E-state index is 12.6. The lowest BCUT2D eigenvalue weighted by Gasteiger charge is -2.50. The summed E-state index contributed by atoms with van der Waals surface area (Å²) in [4.78, 5) is 12.6. The number of ether oxygens (including phenoxy) is 1. The SMILES string of the molecule is C[C@@]12CCC3c4ccc(O)cc4CCC3[C@H]1CCC2OC(=O)CCc1ccccc1. The number of rotatable bonds is 4. The van der Waals surface area contributed by atoms with E-state index in [9.17, 15) is 9.90 Å². The van der Waals surface area contributed by atoms with E-state index < -0.39 is 0 Å². The first-order valence-corrected chi connectivity index (χ1v) is 11.6. The molecule has 0 aliphatic heterocycles. The summed E-state index contributed by atoms with van der Waals surface area (Å²) in [6.45, 7) is 2.38. The van der Waals surface area contributed by atoms with Gasteiger partial charge in [-0.25, -0.2) is 0 Å². The van der Waals surface area contributed by atoms with Crippen LogP contribution in [-0.2, 0) is 22.4 Å². The average molecular weight is 405 g/mol. The molecule has 2 aromatic carbocycles. The molecule has 2 fully saturated rings. The molecular weight excluding hydrogens is 372 g/mol. The van der Waals surface area contributed by atoms with E-state index in [0.717, 1.165) is 32.1 Å². The zero-order valence-electron chi connectivity index (χ0n) is 17.8. The number of benzene rings is 2. The Balaban J connectivity index is 1.26. The molecule has 0 bridgehead atoms. The smallest absolute Gasteiger partial charge is 0.306 e. The maximum Gasteiger partial charge on any atom is 0.306 e. The Kier molecular flexibility index (Phi) is 5.08. The number of hydrogen-bond acceptors (Lipinski definition) is 3. The molecule has 158 valence electrons. The van der Waals surface area contributed by atoms with Gasteiger partial charge in [-0.05, 0) is 91.5 Å². The maximum atomic E-state index is 12.6. The van der Waals surface area contributed by atoms with E-state index in [4.69, 9.17) is 4.74 Å². The average Bonchev–Trinajstić information content (AvgIpc) is 3.09. The predicted molar refractivity (Wildman–Crippen MR) is 117 cm³/mol. The van der Waals surface area contributed by atoms with Crippen molar-refractivity contribution in [1.29, 1.82) is 0 Å². The quantitative estimate of drug-likeness (QED) is 0.656. The van der Waals surface area contributed by atoms with Gasteiger partial charge in [-0.1, -0.05) is 43.3 Å². The second-order valence-electron chi connectivity index (χ2n) is 9.88. The monoisotopic (exact) mass is 404 g/mol. The number of hydrogen-bond donors (Lipinski definition) is 1. The summed E-state index contributed by atoms with van der Waals surface area (Å²) in [6.07, 6.45) is 7.97. The van der Waals surface area contributed by atoms with Gasteiger partial charge < -0.3 is 9.84 Å². The number of carbonyl (C=O) groups is 1. The highest BCUT2D eigenvalue weighted by Gasteiger charge is 2.56. The van der Waals surface area contributed by atoms with Gasteiger partial charge in [0, 0.05) is 11.8 Å². The third-order valence-electron chi connectivity index (χ3n) is 8.36. The minimum atomic E-state index is -0.0442. The van der Waals surface area contributed by atoms with Gasteiger partial charge in [0.05, 0.1) is 0 Å². The van der Waals surface area contributed by atoms with Gasteiger partial charge in [-0.15, -0.1) is 0 Å². The zero-order chi connectivity index (χ0) is 20.7. The number of aromatic hydroxyl groups is 1. The highest BCUT2D eigenvalue weighted by Crippen LogP contribution is 2.61. The Hall–Kier alpha value is -2.29. The molecule has 30 heavy (non-hydrogen) atoms. The van der Waals surface area contributed by atoms with Crippen LogP contribution < -0.4 is 0 Å². The molecule has 0 aromatic heterocycles. The summed E-state index contributed by atoms with van der Waals surface area (Å²) in [5.74, 6) is 2.24. The predicted octanol–water partition coefficient (Wildman–Crippen LogP) is 5.79. The Bertz CT molecular complexity index is 921. The Morgan fingerprint density at radius 3 is 2.77 bits per heavy atom. The number of aryl methyl sites for hydroxylation is 2. The molecular formula is C27H32O3. The molecule has 1 N–H and O–H groups in total. The number of fused-ring (bicyclic) bond motifs is 5. The third kappa shape index (κ3) is 3.42. The number of phenolic OH excluding ortho intramolecular Hbond substituents is 1. The van der Waals surface area contributed by atoms with Crippen LogP contribution in [0.4, 0.5) is 0 Å². The van der Waals surface area contributed by atoms with E-state index in [0.29, 0.717) is 29.9 Å². The van der Waals surface area contributed by atoms with Crippen molar-refractivity contribution in [2.24, 2.45) is 17.3 Å². The van der Waals surface area contributed by atoms with E-state index >= 15 is 0 Å². The van der Waals surface area contributed by atoms with Crippen molar-refractivity contribution in [3.05, 3.63) is 65.2 Å².